The number of nitrogens with zero attached hydrogens (tertiary/aromatic N) is 2. The van der Waals surface area contributed by atoms with E-state index in [1.807, 2.05) is 6.07 Å². The second kappa shape index (κ2) is 10.1. The molecule has 3 fully saturated rings. The van der Waals surface area contributed by atoms with E-state index in [2.05, 4.69) is 46.4 Å². The number of hydrogen-bond acceptors (Lipinski definition) is 3. The first kappa shape index (κ1) is 20.9. The van der Waals surface area contributed by atoms with E-state index in [1.54, 1.807) is 0 Å². The molecule has 3 aliphatic heterocycles. The smallest absolute Gasteiger partial charge is 0.219 e. The number of piperidine rings is 3. The van der Waals surface area contributed by atoms with Gasteiger partial charge < -0.3 is 10.2 Å². The highest BCUT2D eigenvalue weighted by atomic mass is 16.1. The molecule has 4 rings (SSSR count). The van der Waals surface area contributed by atoms with Gasteiger partial charge in [0.25, 0.3) is 0 Å². The molecule has 4 heteroatoms. The third-order valence-corrected chi connectivity index (χ3v) is 7.64. The molecule has 0 radical (unpaired) electrons. The van der Waals surface area contributed by atoms with Crippen LogP contribution >= 0.6 is 0 Å². The van der Waals surface area contributed by atoms with Gasteiger partial charge in [-0.2, -0.15) is 0 Å². The largest absolute Gasteiger partial charge is 0.356 e. The number of aryl methyl sites for hydroxylation is 1. The van der Waals surface area contributed by atoms with Crippen molar-refractivity contribution in [2.45, 2.75) is 69.9 Å². The van der Waals surface area contributed by atoms with E-state index in [4.69, 9.17) is 0 Å². The van der Waals surface area contributed by atoms with Gasteiger partial charge in [0, 0.05) is 31.6 Å². The van der Waals surface area contributed by atoms with Crippen LogP contribution in [0, 0.1) is 11.8 Å². The van der Waals surface area contributed by atoms with E-state index in [0.29, 0.717) is 12.5 Å². The van der Waals surface area contributed by atoms with Crippen LogP contribution in [0.1, 0.15) is 56.9 Å². The molecule has 3 heterocycles. The lowest BCUT2D eigenvalue weighted by atomic mass is 9.69. The van der Waals surface area contributed by atoms with Crippen molar-refractivity contribution in [2.75, 3.05) is 33.2 Å². The zero-order valence-corrected chi connectivity index (χ0v) is 18.2. The second-order valence-electron chi connectivity index (χ2n) is 9.57. The minimum absolute atomic E-state index is 0.234. The molecule has 0 spiro atoms. The molecule has 29 heavy (non-hydrogen) atoms. The van der Waals surface area contributed by atoms with Gasteiger partial charge in [-0.05, 0) is 88.9 Å². The van der Waals surface area contributed by atoms with Crippen LogP contribution in [0.4, 0.5) is 0 Å². The Balaban J connectivity index is 1.18. The highest BCUT2D eigenvalue weighted by Gasteiger charge is 2.47. The van der Waals surface area contributed by atoms with Gasteiger partial charge in [-0.1, -0.05) is 30.3 Å². The molecule has 3 saturated heterocycles. The Labute approximate surface area is 177 Å². The van der Waals surface area contributed by atoms with Gasteiger partial charge in [0.2, 0.25) is 5.91 Å². The zero-order valence-electron chi connectivity index (χ0n) is 18.2. The number of carbonyl (C=O) groups is 1. The van der Waals surface area contributed by atoms with Crippen molar-refractivity contribution in [3.8, 4) is 0 Å². The Morgan fingerprint density at radius 1 is 1.10 bits per heavy atom. The molecule has 3 aliphatic rings. The molecule has 0 unspecified atom stereocenters. The molecule has 4 atom stereocenters. The Morgan fingerprint density at radius 3 is 2.72 bits per heavy atom. The van der Waals surface area contributed by atoms with E-state index in [1.165, 1.54) is 57.3 Å². The molecular formula is C25H39N3O. The first-order chi connectivity index (χ1) is 14.2. The molecule has 0 aromatic heterocycles. The third-order valence-electron chi connectivity index (χ3n) is 7.64. The second-order valence-corrected chi connectivity index (χ2v) is 9.57. The summed E-state index contributed by atoms with van der Waals surface area (Å²) in [7, 11) is 2.33. The summed E-state index contributed by atoms with van der Waals surface area (Å²) in [6.45, 7) is 4.69. The summed E-state index contributed by atoms with van der Waals surface area (Å²) >= 11 is 0. The number of likely N-dealkylation sites (tertiary alicyclic amines) is 1. The van der Waals surface area contributed by atoms with Crippen molar-refractivity contribution >= 4 is 5.91 Å². The van der Waals surface area contributed by atoms with E-state index in [-0.39, 0.29) is 5.91 Å². The van der Waals surface area contributed by atoms with Gasteiger partial charge in [-0.25, -0.2) is 0 Å². The standard InChI is InChI=1S/C25H39N3O/c1-27-19-21-12-7-17-28-18-8-13-22(25(21)28)23(27)14-5-15-24(29)26-16-6-11-20-9-3-2-4-10-20/h2-4,9-10,21-23,25H,5-8,11-19H2,1H3,(H,26,29)/t21-,22+,23+,25-/m0/s1. The van der Waals surface area contributed by atoms with Crippen LogP contribution in [0.3, 0.4) is 0 Å². The van der Waals surface area contributed by atoms with Crippen molar-refractivity contribution in [1.82, 2.24) is 15.1 Å². The summed E-state index contributed by atoms with van der Waals surface area (Å²) in [5.74, 6) is 1.93. The van der Waals surface area contributed by atoms with Crippen LogP contribution in [0.5, 0.6) is 0 Å². The molecule has 1 amide bonds. The minimum atomic E-state index is 0.234. The predicted octanol–water partition coefficient (Wildman–Crippen LogP) is 3.71. The molecule has 1 N–H and O–H groups in total. The summed E-state index contributed by atoms with van der Waals surface area (Å²) in [6, 6.07) is 12.0. The van der Waals surface area contributed by atoms with Crippen molar-refractivity contribution in [3.05, 3.63) is 35.9 Å². The van der Waals surface area contributed by atoms with Crippen molar-refractivity contribution < 1.29 is 4.79 Å². The molecule has 0 aliphatic carbocycles. The van der Waals surface area contributed by atoms with Crippen LogP contribution in [0.15, 0.2) is 30.3 Å². The molecule has 160 valence electrons. The van der Waals surface area contributed by atoms with Gasteiger partial charge in [0.05, 0.1) is 0 Å². The maximum atomic E-state index is 12.3. The van der Waals surface area contributed by atoms with Gasteiger partial charge in [0.15, 0.2) is 0 Å². The van der Waals surface area contributed by atoms with Crippen molar-refractivity contribution in [3.63, 3.8) is 0 Å². The molecular weight excluding hydrogens is 358 g/mol. The number of nitrogens with one attached hydrogen (secondary N) is 1. The number of rotatable bonds is 8. The fraction of sp³-hybridized carbons (Fsp3) is 0.720. The Bertz CT molecular complexity index is 647. The SMILES string of the molecule is CN1C[C@@H]2CCCN3CCC[C@@H]([C@H]23)[C@H]1CCCC(=O)NCCCc1ccccc1. The average Bonchev–Trinajstić information content (AvgIpc) is 2.74. The summed E-state index contributed by atoms with van der Waals surface area (Å²) in [5, 5.41) is 3.13. The molecule has 0 bridgehead atoms. The van der Waals surface area contributed by atoms with Gasteiger partial charge in [-0.3, -0.25) is 9.69 Å². The first-order valence-electron chi connectivity index (χ1n) is 12.0. The van der Waals surface area contributed by atoms with Crippen LogP contribution in [-0.2, 0) is 11.2 Å². The van der Waals surface area contributed by atoms with Gasteiger partial charge in [-0.15, -0.1) is 0 Å². The van der Waals surface area contributed by atoms with Crippen LogP contribution in [-0.4, -0.2) is 61.0 Å². The number of amides is 1. The zero-order chi connectivity index (χ0) is 20.1. The number of carbonyl (C=O) groups excluding carboxylic acids is 1. The topological polar surface area (TPSA) is 35.6 Å². The number of benzene rings is 1. The third kappa shape index (κ3) is 5.21. The summed E-state index contributed by atoms with van der Waals surface area (Å²) in [4.78, 5) is 17.7. The highest BCUT2D eigenvalue weighted by molar-refractivity contribution is 5.75. The Hall–Kier alpha value is -1.39. The fourth-order valence-corrected chi connectivity index (χ4v) is 6.37. The Kier molecular flexibility index (Phi) is 7.25. The van der Waals surface area contributed by atoms with Gasteiger partial charge in [0.1, 0.15) is 0 Å². The summed E-state index contributed by atoms with van der Waals surface area (Å²) < 4.78 is 0. The molecule has 0 saturated carbocycles. The quantitative estimate of drug-likeness (QED) is 0.679. The minimum Gasteiger partial charge on any atom is -0.356 e. The van der Waals surface area contributed by atoms with E-state index in [9.17, 15) is 4.79 Å². The number of hydrogen-bond donors (Lipinski definition) is 1. The van der Waals surface area contributed by atoms with Gasteiger partial charge >= 0.3 is 0 Å². The monoisotopic (exact) mass is 397 g/mol. The first-order valence-corrected chi connectivity index (χ1v) is 12.0. The van der Waals surface area contributed by atoms with E-state index >= 15 is 0 Å². The normalized spacial score (nSPS) is 30.0. The molecule has 1 aromatic rings. The van der Waals surface area contributed by atoms with Crippen molar-refractivity contribution in [1.29, 1.82) is 0 Å². The lowest BCUT2D eigenvalue weighted by Gasteiger charge is -2.57. The average molecular weight is 398 g/mol. The van der Waals surface area contributed by atoms with Crippen molar-refractivity contribution in [2.24, 2.45) is 11.8 Å². The lowest BCUT2D eigenvalue weighted by Crippen LogP contribution is -2.63. The predicted molar refractivity (Wildman–Crippen MR) is 119 cm³/mol. The molecule has 4 nitrogen and oxygen atoms in total. The maximum absolute atomic E-state index is 12.3. The molecule has 1 aromatic carbocycles. The summed E-state index contributed by atoms with van der Waals surface area (Å²) in [5.41, 5.74) is 1.35. The maximum Gasteiger partial charge on any atom is 0.219 e. The van der Waals surface area contributed by atoms with E-state index < -0.39 is 0 Å². The fourth-order valence-electron chi connectivity index (χ4n) is 6.37. The highest BCUT2D eigenvalue weighted by Crippen LogP contribution is 2.42. The van der Waals surface area contributed by atoms with Crippen LogP contribution in [0.25, 0.3) is 0 Å². The lowest BCUT2D eigenvalue weighted by molar-refractivity contribution is -0.121. The summed E-state index contributed by atoms with van der Waals surface area (Å²) in [6.07, 6.45) is 10.5. The van der Waals surface area contributed by atoms with Crippen LogP contribution < -0.4 is 5.32 Å². The van der Waals surface area contributed by atoms with Crippen LogP contribution in [0.2, 0.25) is 0 Å². The Morgan fingerprint density at radius 2 is 1.90 bits per heavy atom. The van der Waals surface area contributed by atoms with E-state index in [0.717, 1.165) is 43.7 Å².